The van der Waals surface area contributed by atoms with Gasteiger partial charge in [0.1, 0.15) is 5.82 Å². The van der Waals surface area contributed by atoms with Crippen molar-refractivity contribution < 1.29 is 4.92 Å². The van der Waals surface area contributed by atoms with Crippen LogP contribution in [-0.4, -0.2) is 30.0 Å². The smallest absolute Gasteiger partial charge is 0.311 e. The Labute approximate surface area is 107 Å². The fourth-order valence-corrected chi connectivity index (χ4v) is 1.76. The molecule has 0 amide bonds. The molecule has 1 rings (SSSR count). The van der Waals surface area contributed by atoms with Crippen LogP contribution in [0.15, 0.2) is 12.1 Å². The minimum atomic E-state index is -0.384. The summed E-state index contributed by atoms with van der Waals surface area (Å²) in [4.78, 5) is 16.9. The number of rotatable bonds is 6. The maximum Gasteiger partial charge on any atom is 0.311 e. The first-order valence-corrected chi connectivity index (χ1v) is 6.07. The van der Waals surface area contributed by atoms with Crippen LogP contribution in [0.4, 0.5) is 17.3 Å². The zero-order valence-electron chi connectivity index (χ0n) is 11.3. The van der Waals surface area contributed by atoms with Crippen LogP contribution in [0.3, 0.4) is 0 Å². The van der Waals surface area contributed by atoms with Crippen molar-refractivity contribution in [2.75, 3.05) is 30.4 Å². The Hall–Kier alpha value is -1.85. The summed E-state index contributed by atoms with van der Waals surface area (Å²) in [5.41, 5.74) is 0.0523. The molecule has 18 heavy (non-hydrogen) atoms. The van der Waals surface area contributed by atoms with Crippen LogP contribution in [0.25, 0.3) is 0 Å². The Morgan fingerprint density at radius 3 is 2.61 bits per heavy atom. The zero-order valence-corrected chi connectivity index (χ0v) is 11.3. The average Bonchev–Trinajstić information content (AvgIpc) is 2.34. The number of hydrogen-bond donors (Lipinski definition) is 1. The largest absolute Gasteiger partial charge is 0.373 e. The molecule has 0 radical (unpaired) electrons. The molecule has 1 N–H and O–H groups in total. The lowest BCUT2D eigenvalue weighted by Crippen LogP contribution is -2.29. The molecule has 0 bridgehead atoms. The summed E-state index contributed by atoms with van der Waals surface area (Å²) in [6.07, 6.45) is 0. The number of aromatic nitrogens is 1. The lowest BCUT2D eigenvalue weighted by molar-refractivity contribution is -0.384. The summed E-state index contributed by atoms with van der Waals surface area (Å²) in [6.45, 7) is 7.57. The summed E-state index contributed by atoms with van der Waals surface area (Å²) in [6, 6.07) is 3.11. The van der Waals surface area contributed by atoms with Crippen molar-refractivity contribution in [1.29, 1.82) is 0 Å². The van der Waals surface area contributed by atoms with Gasteiger partial charge in [-0.25, -0.2) is 4.98 Å². The molecule has 1 aromatic rings. The van der Waals surface area contributed by atoms with Gasteiger partial charge in [-0.05, 0) is 18.9 Å². The van der Waals surface area contributed by atoms with Crippen LogP contribution >= 0.6 is 0 Å². The molecule has 0 aliphatic carbocycles. The van der Waals surface area contributed by atoms with Gasteiger partial charge in [0.2, 0.25) is 5.82 Å². The standard InChI is InChI=1S/C12H20N4O2/c1-5-15(8-9(2)3)12-10(16(17)18)6-7-11(13-4)14-12/h6-7,9H,5,8H2,1-4H3,(H,13,14). The van der Waals surface area contributed by atoms with Crippen molar-refractivity contribution in [3.05, 3.63) is 22.2 Å². The fourth-order valence-electron chi connectivity index (χ4n) is 1.76. The molecular weight excluding hydrogens is 232 g/mol. The normalized spacial score (nSPS) is 10.5. The predicted molar refractivity (Wildman–Crippen MR) is 73.2 cm³/mol. The molecule has 6 nitrogen and oxygen atoms in total. The third-order valence-electron chi connectivity index (χ3n) is 2.57. The first-order chi connectivity index (χ1) is 8.49. The second-order valence-electron chi connectivity index (χ2n) is 4.48. The molecule has 1 aromatic heterocycles. The van der Waals surface area contributed by atoms with Crippen molar-refractivity contribution in [2.24, 2.45) is 5.92 Å². The predicted octanol–water partition coefficient (Wildman–Crippen LogP) is 2.51. The maximum atomic E-state index is 11.0. The van der Waals surface area contributed by atoms with Gasteiger partial charge < -0.3 is 10.2 Å². The summed E-state index contributed by atoms with van der Waals surface area (Å²) in [5.74, 6) is 1.49. The second kappa shape index (κ2) is 6.18. The van der Waals surface area contributed by atoms with Crippen LogP contribution in [0.2, 0.25) is 0 Å². The number of nitro groups is 1. The van der Waals surface area contributed by atoms with Crippen LogP contribution < -0.4 is 10.2 Å². The van der Waals surface area contributed by atoms with Crippen molar-refractivity contribution >= 4 is 17.3 Å². The van der Waals surface area contributed by atoms with Crippen molar-refractivity contribution in [1.82, 2.24) is 4.98 Å². The van der Waals surface area contributed by atoms with E-state index in [1.54, 1.807) is 13.1 Å². The number of hydrogen-bond acceptors (Lipinski definition) is 5. The van der Waals surface area contributed by atoms with E-state index in [-0.39, 0.29) is 10.6 Å². The Morgan fingerprint density at radius 1 is 1.50 bits per heavy atom. The van der Waals surface area contributed by atoms with Gasteiger partial charge in [0.15, 0.2) is 0 Å². The van der Waals surface area contributed by atoms with Gasteiger partial charge in [-0.15, -0.1) is 0 Å². The second-order valence-corrected chi connectivity index (χ2v) is 4.48. The molecule has 1 heterocycles. The van der Waals surface area contributed by atoms with E-state index in [2.05, 4.69) is 24.1 Å². The highest BCUT2D eigenvalue weighted by atomic mass is 16.6. The first kappa shape index (κ1) is 14.2. The van der Waals surface area contributed by atoms with E-state index in [1.807, 2.05) is 11.8 Å². The van der Waals surface area contributed by atoms with Crippen LogP contribution in [0.5, 0.6) is 0 Å². The Kier molecular flexibility index (Phi) is 4.88. The molecule has 0 saturated carbocycles. The topological polar surface area (TPSA) is 71.3 Å². The highest BCUT2D eigenvalue weighted by Crippen LogP contribution is 2.28. The summed E-state index contributed by atoms with van der Waals surface area (Å²) >= 11 is 0. The first-order valence-electron chi connectivity index (χ1n) is 6.07. The van der Waals surface area contributed by atoms with Gasteiger partial charge in [-0.2, -0.15) is 0 Å². The molecule has 0 fully saturated rings. The molecule has 0 aliphatic heterocycles. The van der Waals surface area contributed by atoms with Gasteiger partial charge in [-0.1, -0.05) is 13.8 Å². The van der Waals surface area contributed by atoms with E-state index in [4.69, 9.17) is 0 Å². The minimum absolute atomic E-state index is 0.0523. The van der Waals surface area contributed by atoms with Gasteiger partial charge in [0, 0.05) is 26.2 Å². The monoisotopic (exact) mass is 252 g/mol. The third kappa shape index (κ3) is 3.32. The summed E-state index contributed by atoms with van der Waals surface area (Å²) in [5, 5.41) is 14.0. The van der Waals surface area contributed by atoms with Gasteiger partial charge in [0.05, 0.1) is 4.92 Å². The molecule has 0 spiro atoms. The quantitative estimate of drug-likeness (QED) is 0.622. The Bertz CT molecular complexity index is 421. The van der Waals surface area contributed by atoms with E-state index in [1.165, 1.54) is 6.07 Å². The lowest BCUT2D eigenvalue weighted by Gasteiger charge is -2.23. The highest BCUT2D eigenvalue weighted by molar-refractivity contribution is 5.61. The van der Waals surface area contributed by atoms with Gasteiger partial charge >= 0.3 is 5.69 Å². The molecule has 0 atom stereocenters. The minimum Gasteiger partial charge on any atom is -0.373 e. The molecule has 6 heteroatoms. The fraction of sp³-hybridized carbons (Fsp3) is 0.583. The molecule has 0 aliphatic rings. The Balaban J connectivity index is 3.19. The van der Waals surface area contributed by atoms with Gasteiger partial charge in [-0.3, -0.25) is 10.1 Å². The van der Waals surface area contributed by atoms with Crippen molar-refractivity contribution in [3.8, 4) is 0 Å². The third-order valence-corrected chi connectivity index (χ3v) is 2.57. The van der Waals surface area contributed by atoms with Crippen molar-refractivity contribution in [3.63, 3.8) is 0 Å². The van der Waals surface area contributed by atoms with E-state index < -0.39 is 0 Å². The van der Waals surface area contributed by atoms with Crippen LogP contribution in [0, 0.1) is 16.0 Å². The SMILES string of the molecule is CCN(CC(C)C)c1nc(NC)ccc1[N+](=O)[O-]. The molecule has 0 aromatic carbocycles. The van der Waals surface area contributed by atoms with E-state index in [0.29, 0.717) is 24.1 Å². The summed E-state index contributed by atoms with van der Waals surface area (Å²) in [7, 11) is 1.75. The average molecular weight is 252 g/mol. The van der Waals surface area contributed by atoms with E-state index >= 15 is 0 Å². The van der Waals surface area contributed by atoms with E-state index in [0.717, 1.165) is 6.54 Å². The van der Waals surface area contributed by atoms with Crippen LogP contribution in [-0.2, 0) is 0 Å². The van der Waals surface area contributed by atoms with E-state index in [9.17, 15) is 10.1 Å². The zero-order chi connectivity index (χ0) is 13.7. The van der Waals surface area contributed by atoms with Gasteiger partial charge in [0.25, 0.3) is 0 Å². The molecular formula is C12H20N4O2. The number of pyridine rings is 1. The van der Waals surface area contributed by atoms with Crippen LogP contribution in [0.1, 0.15) is 20.8 Å². The van der Waals surface area contributed by atoms with Crippen molar-refractivity contribution in [2.45, 2.75) is 20.8 Å². The number of nitrogens with one attached hydrogen (secondary N) is 1. The molecule has 0 unspecified atom stereocenters. The highest BCUT2D eigenvalue weighted by Gasteiger charge is 2.21. The number of nitrogens with zero attached hydrogens (tertiary/aromatic N) is 3. The summed E-state index contributed by atoms with van der Waals surface area (Å²) < 4.78 is 0. The Morgan fingerprint density at radius 2 is 2.17 bits per heavy atom. The molecule has 0 saturated heterocycles. The maximum absolute atomic E-state index is 11.0. The number of anilines is 2. The lowest BCUT2D eigenvalue weighted by atomic mass is 10.2. The molecule has 100 valence electrons.